The molecule has 2 aromatic heterocycles. The lowest BCUT2D eigenvalue weighted by Gasteiger charge is -2.29. The van der Waals surface area contributed by atoms with Crippen molar-refractivity contribution in [2.24, 2.45) is 7.05 Å². The Labute approximate surface area is 370 Å². The van der Waals surface area contributed by atoms with Crippen molar-refractivity contribution in [3.8, 4) is 17.0 Å². The van der Waals surface area contributed by atoms with Crippen molar-refractivity contribution in [1.29, 1.82) is 0 Å². The first-order chi connectivity index (χ1) is 30.5. The second-order valence-corrected chi connectivity index (χ2v) is 16.8. The number of carbonyl (C=O) groups excluding carboxylic acids is 4. The van der Waals surface area contributed by atoms with E-state index in [1.54, 1.807) is 30.0 Å². The Hall–Kier alpha value is -6.97. The number of methoxy groups -OCH3 is 1. The molecule has 6 aromatic rings. The molecule has 0 spiro atoms. The number of rotatable bonds is 16. The number of piperidine rings is 1. The summed E-state index contributed by atoms with van der Waals surface area (Å²) in [6, 6.07) is 27.4. The fraction of sp³-hybridized carbons (Fsp3) is 0.250. The molecule has 2 aliphatic heterocycles. The molecule has 1 unspecified atom stereocenters. The van der Waals surface area contributed by atoms with Gasteiger partial charge in [-0.2, -0.15) is 0 Å². The average Bonchev–Trinajstić information content (AvgIpc) is 3.81. The monoisotopic (exact) mass is 863 g/mol. The summed E-state index contributed by atoms with van der Waals surface area (Å²) in [5.41, 5.74) is 8.66. The third-order valence-electron chi connectivity index (χ3n) is 11.5. The van der Waals surface area contributed by atoms with Gasteiger partial charge in [0, 0.05) is 97.8 Å². The number of hydrogen-bond acceptors (Lipinski definition) is 11. The number of imide groups is 1. The number of para-hydroxylation sites is 1. The standard InChI is InChI=1S/C48H49N9O5S/c1-6-44(58)50-37-24-38(52-48-49-21-20-36(51-48)34-27-56(4)39-12-8-7-10-32(34)39)42(62-5)25-41(37)55(3)23-22-54(2)26-30-14-16-31(17-15-30)29-63-43-13-9-11-33-35(43)28-57(47(33)61)40-18-19-45(59)53-46(40)60/h6-17,20-21,24-25,27,40H,1,18-19,22-23,26,28-29H2,2-5H3,(H,50,58)(H,49,51,52)(H,53,59,60). The van der Waals surface area contributed by atoms with Gasteiger partial charge in [0.1, 0.15) is 11.8 Å². The SMILES string of the molecule is C=CC(=O)Nc1cc(Nc2nccc(-c3cn(C)c4ccccc34)n2)c(OC)cc1N(C)CCN(C)Cc1ccc(CSc2cccc3c2CN(C2CCC(=O)NC2=O)C3=O)cc1. The highest BCUT2D eigenvalue weighted by atomic mass is 32.2. The minimum absolute atomic E-state index is 0.169. The lowest BCUT2D eigenvalue weighted by molar-refractivity contribution is -0.137. The lowest BCUT2D eigenvalue weighted by Crippen LogP contribution is -2.52. The van der Waals surface area contributed by atoms with Gasteiger partial charge in [0.05, 0.1) is 29.9 Å². The molecular formula is C48H49N9O5S. The molecule has 4 aromatic carbocycles. The number of anilines is 4. The fourth-order valence-corrected chi connectivity index (χ4v) is 9.13. The van der Waals surface area contributed by atoms with Crippen LogP contribution < -0.4 is 25.6 Å². The van der Waals surface area contributed by atoms with Crippen LogP contribution in [-0.2, 0) is 40.3 Å². The van der Waals surface area contributed by atoms with E-state index in [2.05, 4.69) is 91.5 Å². The number of nitrogens with one attached hydrogen (secondary N) is 3. The number of hydrogen-bond donors (Lipinski definition) is 3. The highest BCUT2D eigenvalue weighted by molar-refractivity contribution is 7.98. The van der Waals surface area contributed by atoms with Crippen molar-refractivity contribution in [3.63, 3.8) is 0 Å². The molecule has 4 amide bonds. The summed E-state index contributed by atoms with van der Waals surface area (Å²) in [5, 5.41) is 9.75. The quantitative estimate of drug-likeness (QED) is 0.0518. The van der Waals surface area contributed by atoms with E-state index in [9.17, 15) is 19.2 Å². The zero-order valence-corrected chi connectivity index (χ0v) is 36.5. The molecule has 14 nitrogen and oxygen atoms in total. The first-order valence-corrected chi connectivity index (χ1v) is 21.6. The van der Waals surface area contributed by atoms with Crippen molar-refractivity contribution in [3.05, 3.63) is 132 Å². The van der Waals surface area contributed by atoms with Crippen LogP contribution in [0.3, 0.4) is 0 Å². The van der Waals surface area contributed by atoms with Gasteiger partial charge in [0.25, 0.3) is 5.91 Å². The summed E-state index contributed by atoms with van der Waals surface area (Å²) in [6.07, 6.45) is 5.58. The van der Waals surface area contributed by atoms with E-state index in [1.807, 2.05) is 62.6 Å². The molecule has 0 aliphatic carbocycles. The topological polar surface area (TPSA) is 154 Å². The third-order valence-corrected chi connectivity index (χ3v) is 12.6. The maximum absolute atomic E-state index is 13.3. The van der Waals surface area contributed by atoms with Crippen LogP contribution in [0, 0.1) is 0 Å². The van der Waals surface area contributed by atoms with Gasteiger partial charge in [0.15, 0.2) is 0 Å². The second kappa shape index (κ2) is 18.6. The Kier molecular flexibility index (Phi) is 12.6. The largest absolute Gasteiger partial charge is 0.494 e. The van der Waals surface area contributed by atoms with Crippen molar-refractivity contribution in [1.82, 2.24) is 29.7 Å². The van der Waals surface area contributed by atoms with Gasteiger partial charge in [-0.25, -0.2) is 9.97 Å². The van der Waals surface area contributed by atoms with Crippen LogP contribution in [0.15, 0.2) is 115 Å². The Balaban J connectivity index is 0.890. The van der Waals surface area contributed by atoms with Crippen molar-refractivity contribution in [2.45, 2.75) is 42.6 Å². The molecule has 8 rings (SSSR count). The number of carbonyl (C=O) groups is 4. The van der Waals surface area contributed by atoms with Crippen LogP contribution in [0.25, 0.3) is 22.2 Å². The van der Waals surface area contributed by atoms with Gasteiger partial charge in [-0.15, -0.1) is 11.8 Å². The molecule has 0 radical (unpaired) electrons. The molecule has 322 valence electrons. The van der Waals surface area contributed by atoms with Crippen LogP contribution in [0.1, 0.15) is 39.9 Å². The zero-order valence-electron chi connectivity index (χ0n) is 35.7. The molecule has 0 bridgehead atoms. The van der Waals surface area contributed by atoms with E-state index in [0.717, 1.165) is 62.7 Å². The molecule has 1 saturated heterocycles. The summed E-state index contributed by atoms with van der Waals surface area (Å²) in [6.45, 7) is 6.12. The fourth-order valence-electron chi connectivity index (χ4n) is 8.10. The predicted molar refractivity (Wildman–Crippen MR) is 247 cm³/mol. The molecule has 0 saturated carbocycles. The number of likely N-dealkylation sites (N-methyl/N-ethyl adjacent to an activating group) is 2. The smallest absolute Gasteiger partial charge is 0.255 e. The predicted octanol–water partition coefficient (Wildman–Crippen LogP) is 7.13. The van der Waals surface area contributed by atoms with E-state index in [4.69, 9.17) is 9.72 Å². The zero-order chi connectivity index (χ0) is 44.2. The Morgan fingerprint density at radius 3 is 2.56 bits per heavy atom. The summed E-state index contributed by atoms with van der Waals surface area (Å²) in [5.74, 6) is 0.440. The second-order valence-electron chi connectivity index (χ2n) is 15.8. The summed E-state index contributed by atoms with van der Waals surface area (Å²) in [4.78, 5) is 66.4. The molecule has 15 heteroatoms. The highest BCUT2D eigenvalue weighted by Gasteiger charge is 2.39. The van der Waals surface area contributed by atoms with Crippen LogP contribution in [-0.4, -0.2) is 88.3 Å². The minimum atomic E-state index is -0.639. The molecule has 63 heavy (non-hydrogen) atoms. The van der Waals surface area contributed by atoms with E-state index >= 15 is 0 Å². The van der Waals surface area contributed by atoms with Crippen molar-refractivity contribution in [2.75, 3.05) is 49.8 Å². The maximum atomic E-state index is 13.3. The Morgan fingerprint density at radius 2 is 1.78 bits per heavy atom. The number of aromatic nitrogens is 3. The molecule has 1 atom stereocenters. The number of thioether (sulfide) groups is 1. The Morgan fingerprint density at radius 1 is 0.984 bits per heavy atom. The summed E-state index contributed by atoms with van der Waals surface area (Å²) in [7, 11) is 7.67. The molecular weight excluding hydrogens is 815 g/mol. The highest BCUT2D eigenvalue weighted by Crippen LogP contribution is 2.39. The maximum Gasteiger partial charge on any atom is 0.255 e. The summed E-state index contributed by atoms with van der Waals surface area (Å²) >= 11 is 1.67. The van der Waals surface area contributed by atoms with Crippen LogP contribution in [0.4, 0.5) is 23.0 Å². The van der Waals surface area contributed by atoms with Gasteiger partial charge in [-0.05, 0) is 66.6 Å². The van der Waals surface area contributed by atoms with Gasteiger partial charge in [-0.1, -0.05) is 55.1 Å². The normalized spacial score (nSPS) is 14.8. The minimum Gasteiger partial charge on any atom is -0.494 e. The van der Waals surface area contributed by atoms with Gasteiger partial charge >= 0.3 is 0 Å². The molecule has 3 N–H and O–H groups in total. The molecule has 4 heterocycles. The third kappa shape index (κ3) is 9.30. The van der Waals surface area contributed by atoms with Gasteiger partial charge in [-0.3, -0.25) is 24.5 Å². The van der Waals surface area contributed by atoms with E-state index in [1.165, 1.54) is 11.6 Å². The van der Waals surface area contributed by atoms with Gasteiger partial charge in [0.2, 0.25) is 23.7 Å². The number of benzene rings is 4. The van der Waals surface area contributed by atoms with Crippen molar-refractivity contribution >= 4 is 69.3 Å². The average molecular weight is 864 g/mol. The lowest BCUT2D eigenvalue weighted by atomic mass is 10.0. The van der Waals surface area contributed by atoms with Crippen LogP contribution in [0.2, 0.25) is 0 Å². The van der Waals surface area contributed by atoms with E-state index < -0.39 is 11.9 Å². The number of amides is 4. The van der Waals surface area contributed by atoms with E-state index in [0.29, 0.717) is 48.1 Å². The van der Waals surface area contributed by atoms with Crippen molar-refractivity contribution < 1.29 is 23.9 Å². The Bertz CT molecular complexity index is 2740. The summed E-state index contributed by atoms with van der Waals surface area (Å²) < 4.78 is 7.93. The van der Waals surface area contributed by atoms with Crippen LogP contribution in [0.5, 0.6) is 5.75 Å². The number of nitrogens with zero attached hydrogens (tertiary/aromatic N) is 6. The molecule has 2 aliphatic rings. The first-order valence-electron chi connectivity index (χ1n) is 20.7. The van der Waals surface area contributed by atoms with E-state index in [-0.39, 0.29) is 24.1 Å². The van der Waals surface area contributed by atoms with Crippen LogP contribution >= 0.6 is 11.8 Å². The molecule has 1 fully saturated rings. The number of aryl methyl sites for hydroxylation is 1. The number of ether oxygens (including phenoxy) is 1. The number of fused-ring (bicyclic) bond motifs is 2. The first kappa shape index (κ1) is 42.7. The van der Waals surface area contributed by atoms with Gasteiger partial charge < -0.3 is 34.6 Å².